The van der Waals surface area contributed by atoms with Crippen LogP contribution in [0, 0.1) is 0 Å². The van der Waals surface area contributed by atoms with Gasteiger partial charge in [-0.1, -0.05) is 32.9 Å². The van der Waals surface area contributed by atoms with E-state index in [0.29, 0.717) is 6.61 Å². The SMILES string of the molecule is C/C=C/c1cccc(CO[Si](C)(C)C(C)(C)C)n1. The molecule has 3 heteroatoms. The molecule has 0 atom stereocenters. The topological polar surface area (TPSA) is 22.1 Å². The van der Waals surface area contributed by atoms with Crippen molar-refractivity contribution in [2.24, 2.45) is 0 Å². The Morgan fingerprint density at radius 1 is 1.28 bits per heavy atom. The molecule has 0 saturated carbocycles. The van der Waals surface area contributed by atoms with Crippen LogP contribution in [0.15, 0.2) is 24.3 Å². The van der Waals surface area contributed by atoms with Crippen LogP contribution in [0.5, 0.6) is 0 Å². The van der Waals surface area contributed by atoms with E-state index >= 15 is 0 Å². The molecular weight excluding hydrogens is 238 g/mol. The molecule has 0 amide bonds. The van der Waals surface area contributed by atoms with Crippen LogP contribution in [-0.2, 0) is 11.0 Å². The molecule has 1 rings (SSSR count). The van der Waals surface area contributed by atoms with Crippen molar-refractivity contribution in [1.29, 1.82) is 0 Å². The maximum Gasteiger partial charge on any atom is 0.192 e. The van der Waals surface area contributed by atoms with Crippen molar-refractivity contribution >= 4 is 14.4 Å². The Hall–Kier alpha value is -0.933. The van der Waals surface area contributed by atoms with Gasteiger partial charge in [-0.05, 0) is 43.3 Å². The summed E-state index contributed by atoms with van der Waals surface area (Å²) in [6, 6.07) is 6.07. The minimum atomic E-state index is -1.68. The van der Waals surface area contributed by atoms with Gasteiger partial charge in [0, 0.05) is 0 Å². The molecule has 18 heavy (non-hydrogen) atoms. The van der Waals surface area contributed by atoms with Gasteiger partial charge < -0.3 is 4.43 Å². The molecule has 0 fully saturated rings. The largest absolute Gasteiger partial charge is 0.411 e. The van der Waals surface area contributed by atoms with Crippen molar-refractivity contribution in [3.05, 3.63) is 35.7 Å². The number of nitrogens with zero attached hydrogens (tertiary/aromatic N) is 1. The zero-order valence-electron chi connectivity index (χ0n) is 12.4. The number of aromatic nitrogens is 1. The second-order valence-electron chi connectivity index (χ2n) is 6.10. The van der Waals surface area contributed by atoms with E-state index in [-0.39, 0.29) is 5.04 Å². The van der Waals surface area contributed by atoms with Crippen molar-refractivity contribution in [2.75, 3.05) is 0 Å². The van der Waals surface area contributed by atoms with Crippen molar-refractivity contribution in [1.82, 2.24) is 4.98 Å². The van der Waals surface area contributed by atoms with Crippen LogP contribution in [0.1, 0.15) is 39.1 Å². The van der Waals surface area contributed by atoms with Crippen LogP contribution in [0.3, 0.4) is 0 Å². The summed E-state index contributed by atoms with van der Waals surface area (Å²) in [4.78, 5) is 4.56. The van der Waals surface area contributed by atoms with Gasteiger partial charge in [0.1, 0.15) is 0 Å². The lowest BCUT2D eigenvalue weighted by Gasteiger charge is -2.36. The third kappa shape index (κ3) is 4.07. The van der Waals surface area contributed by atoms with E-state index in [1.807, 2.05) is 37.3 Å². The highest BCUT2D eigenvalue weighted by atomic mass is 28.4. The molecule has 0 N–H and O–H groups in total. The molecule has 1 aromatic rings. The van der Waals surface area contributed by atoms with Gasteiger partial charge in [-0.25, -0.2) is 0 Å². The van der Waals surface area contributed by atoms with E-state index in [2.05, 4.69) is 38.8 Å². The predicted octanol–water partition coefficient (Wildman–Crippen LogP) is 4.64. The van der Waals surface area contributed by atoms with Gasteiger partial charge in [0.25, 0.3) is 0 Å². The Kier molecular flexibility index (Phi) is 4.88. The monoisotopic (exact) mass is 263 g/mol. The third-order valence-electron chi connectivity index (χ3n) is 3.55. The van der Waals surface area contributed by atoms with E-state index in [0.717, 1.165) is 11.4 Å². The Labute approximate surface area is 112 Å². The van der Waals surface area contributed by atoms with E-state index in [1.54, 1.807) is 0 Å². The molecule has 0 aliphatic heterocycles. The Morgan fingerprint density at radius 2 is 1.94 bits per heavy atom. The van der Waals surface area contributed by atoms with E-state index in [9.17, 15) is 0 Å². The summed E-state index contributed by atoms with van der Waals surface area (Å²) < 4.78 is 6.17. The first-order chi connectivity index (χ1) is 8.26. The number of hydrogen-bond acceptors (Lipinski definition) is 2. The van der Waals surface area contributed by atoms with Gasteiger partial charge in [0.15, 0.2) is 8.32 Å². The zero-order valence-corrected chi connectivity index (χ0v) is 13.4. The number of pyridine rings is 1. The number of allylic oxidation sites excluding steroid dienone is 1. The van der Waals surface area contributed by atoms with Crippen LogP contribution in [0.25, 0.3) is 6.08 Å². The van der Waals surface area contributed by atoms with Crippen molar-refractivity contribution in [3.8, 4) is 0 Å². The lowest BCUT2D eigenvalue weighted by atomic mass is 10.2. The summed E-state index contributed by atoms with van der Waals surface area (Å²) in [5.41, 5.74) is 2.00. The third-order valence-corrected chi connectivity index (χ3v) is 8.03. The molecule has 100 valence electrons. The van der Waals surface area contributed by atoms with E-state index < -0.39 is 8.32 Å². The van der Waals surface area contributed by atoms with Gasteiger partial charge in [0.05, 0.1) is 18.0 Å². The summed E-state index contributed by atoms with van der Waals surface area (Å²) in [5.74, 6) is 0. The average molecular weight is 263 g/mol. The lowest BCUT2D eigenvalue weighted by Crippen LogP contribution is -2.40. The molecule has 0 spiro atoms. The van der Waals surface area contributed by atoms with Crippen LogP contribution in [0.4, 0.5) is 0 Å². The molecule has 2 nitrogen and oxygen atoms in total. The summed E-state index contributed by atoms with van der Waals surface area (Å²) in [7, 11) is -1.68. The minimum absolute atomic E-state index is 0.244. The van der Waals surface area contributed by atoms with E-state index in [4.69, 9.17) is 4.43 Å². The molecule has 0 bridgehead atoms. The highest BCUT2D eigenvalue weighted by molar-refractivity contribution is 6.74. The predicted molar refractivity (Wildman–Crippen MR) is 80.9 cm³/mol. The molecule has 0 unspecified atom stereocenters. The van der Waals surface area contributed by atoms with Crippen molar-refractivity contribution in [2.45, 2.75) is 52.4 Å². The molecule has 1 heterocycles. The molecule has 0 radical (unpaired) electrons. The Morgan fingerprint density at radius 3 is 2.50 bits per heavy atom. The van der Waals surface area contributed by atoms with Crippen LogP contribution in [0.2, 0.25) is 18.1 Å². The summed E-state index contributed by atoms with van der Waals surface area (Å²) >= 11 is 0. The van der Waals surface area contributed by atoms with Gasteiger partial charge in [0.2, 0.25) is 0 Å². The Bertz CT molecular complexity index is 419. The average Bonchev–Trinajstić information content (AvgIpc) is 2.26. The second-order valence-corrected chi connectivity index (χ2v) is 10.9. The standard InChI is InChI=1S/C15H25NOSi/c1-7-9-13-10-8-11-14(16-13)12-17-18(5,6)15(2,3)4/h7-11H,12H2,1-6H3/b9-7+. The number of hydrogen-bond donors (Lipinski definition) is 0. The lowest BCUT2D eigenvalue weighted by molar-refractivity contribution is 0.272. The first kappa shape index (κ1) is 15.1. The highest BCUT2D eigenvalue weighted by Gasteiger charge is 2.37. The summed E-state index contributed by atoms with van der Waals surface area (Å²) in [6.07, 6.45) is 4.01. The van der Waals surface area contributed by atoms with Gasteiger partial charge >= 0.3 is 0 Å². The fraction of sp³-hybridized carbons (Fsp3) is 0.533. The van der Waals surface area contributed by atoms with Crippen molar-refractivity contribution in [3.63, 3.8) is 0 Å². The summed E-state index contributed by atoms with van der Waals surface area (Å²) in [5, 5.41) is 0.244. The molecule has 0 aliphatic rings. The molecule has 0 aromatic carbocycles. The minimum Gasteiger partial charge on any atom is -0.411 e. The van der Waals surface area contributed by atoms with Gasteiger partial charge in [-0.3, -0.25) is 4.98 Å². The first-order valence-corrected chi connectivity index (χ1v) is 9.40. The molecule has 0 saturated heterocycles. The fourth-order valence-electron chi connectivity index (χ4n) is 1.31. The smallest absolute Gasteiger partial charge is 0.192 e. The van der Waals surface area contributed by atoms with Crippen LogP contribution < -0.4 is 0 Å². The van der Waals surface area contributed by atoms with Gasteiger partial charge in [-0.2, -0.15) is 0 Å². The van der Waals surface area contributed by atoms with Gasteiger partial charge in [-0.15, -0.1) is 0 Å². The Balaban J connectivity index is 2.72. The van der Waals surface area contributed by atoms with Crippen molar-refractivity contribution < 1.29 is 4.43 Å². The van der Waals surface area contributed by atoms with E-state index in [1.165, 1.54) is 0 Å². The second kappa shape index (κ2) is 5.80. The quantitative estimate of drug-likeness (QED) is 0.738. The maximum absolute atomic E-state index is 6.17. The molecule has 1 aromatic heterocycles. The molecular formula is C15H25NOSi. The summed E-state index contributed by atoms with van der Waals surface area (Å²) in [6.45, 7) is 13.9. The first-order valence-electron chi connectivity index (χ1n) is 6.49. The normalized spacial score (nSPS) is 13.2. The zero-order chi connectivity index (χ0) is 13.8. The van der Waals surface area contributed by atoms with Crippen LogP contribution in [-0.4, -0.2) is 13.3 Å². The maximum atomic E-state index is 6.17. The van der Waals surface area contributed by atoms with Crippen LogP contribution >= 0.6 is 0 Å². The highest BCUT2D eigenvalue weighted by Crippen LogP contribution is 2.36. The molecule has 0 aliphatic carbocycles. The number of rotatable bonds is 4. The fourth-order valence-corrected chi connectivity index (χ4v) is 2.25.